The van der Waals surface area contributed by atoms with Crippen LogP contribution in [0.1, 0.15) is 17.6 Å². The van der Waals surface area contributed by atoms with Crippen molar-refractivity contribution in [1.82, 2.24) is 0 Å². The summed E-state index contributed by atoms with van der Waals surface area (Å²) in [4.78, 5) is 0. The molecule has 7 heteroatoms. The smallest absolute Gasteiger partial charge is 0.397 e. The Kier molecular flexibility index (Phi) is 3.22. The maximum absolute atomic E-state index is 12.3. The van der Waals surface area contributed by atoms with Crippen molar-refractivity contribution in [3.05, 3.63) is 27.7 Å². The molecular weight excluding hydrogens is 285 g/mol. The van der Waals surface area contributed by atoms with E-state index < -0.39 is 29.4 Å². The van der Waals surface area contributed by atoms with Gasteiger partial charge in [0.15, 0.2) is 0 Å². The number of nitrogen functional groups attached to an aromatic ring is 1. The first-order valence-electron chi connectivity index (χ1n) is 3.67. The van der Waals surface area contributed by atoms with Crippen molar-refractivity contribution >= 4 is 21.6 Å². The summed E-state index contributed by atoms with van der Waals surface area (Å²) in [5.41, 5.74) is 2.56. The molecule has 0 aliphatic heterocycles. The molecule has 0 fully saturated rings. The molecule has 1 aromatic carbocycles. The molecule has 0 spiro atoms. The molecule has 0 aliphatic carbocycles. The fourth-order valence-electron chi connectivity index (χ4n) is 0.999. The molecule has 0 atom stereocenters. The molecular formula is C8H5BrF5N. The number of anilines is 1. The van der Waals surface area contributed by atoms with Gasteiger partial charge in [-0.1, -0.05) is 0 Å². The molecule has 0 bridgehead atoms. The number of halogens is 6. The van der Waals surface area contributed by atoms with Crippen LogP contribution in [0.4, 0.5) is 27.6 Å². The topological polar surface area (TPSA) is 26.0 Å². The van der Waals surface area contributed by atoms with E-state index in [4.69, 9.17) is 5.73 Å². The van der Waals surface area contributed by atoms with Crippen LogP contribution in [-0.4, -0.2) is 0 Å². The maximum Gasteiger partial charge on any atom is 0.418 e. The van der Waals surface area contributed by atoms with E-state index in [1.807, 2.05) is 0 Å². The van der Waals surface area contributed by atoms with Gasteiger partial charge in [-0.3, -0.25) is 0 Å². The lowest BCUT2D eigenvalue weighted by atomic mass is 10.1. The van der Waals surface area contributed by atoms with Crippen LogP contribution < -0.4 is 5.73 Å². The van der Waals surface area contributed by atoms with Gasteiger partial charge >= 0.3 is 6.18 Å². The molecule has 1 aromatic rings. The number of hydrogen-bond donors (Lipinski definition) is 1. The van der Waals surface area contributed by atoms with Crippen LogP contribution in [0.15, 0.2) is 16.6 Å². The number of hydrogen-bond acceptors (Lipinski definition) is 1. The van der Waals surface area contributed by atoms with E-state index in [0.717, 1.165) is 6.07 Å². The predicted molar refractivity (Wildman–Crippen MR) is 48.5 cm³/mol. The van der Waals surface area contributed by atoms with Gasteiger partial charge in [0.05, 0.1) is 11.3 Å². The third-order valence-corrected chi connectivity index (χ3v) is 2.37. The van der Waals surface area contributed by atoms with E-state index in [1.54, 1.807) is 0 Å². The fraction of sp³-hybridized carbons (Fsp3) is 0.250. The van der Waals surface area contributed by atoms with Gasteiger partial charge in [-0.05, 0) is 28.1 Å². The van der Waals surface area contributed by atoms with Crippen LogP contribution in [0.2, 0.25) is 0 Å². The molecule has 0 aliphatic rings. The van der Waals surface area contributed by atoms with Crippen molar-refractivity contribution in [1.29, 1.82) is 0 Å². The van der Waals surface area contributed by atoms with E-state index in [9.17, 15) is 22.0 Å². The molecule has 0 radical (unpaired) electrons. The molecule has 0 saturated heterocycles. The quantitative estimate of drug-likeness (QED) is 0.614. The largest absolute Gasteiger partial charge is 0.418 e. The van der Waals surface area contributed by atoms with Crippen LogP contribution in [0, 0.1) is 0 Å². The summed E-state index contributed by atoms with van der Waals surface area (Å²) in [6, 6.07) is 1.22. The standard InChI is InChI=1S/C8H5BrF5N/c9-5-2-3(7(10)11)1-4(6(5)15)8(12,13)14/h1-2,7H,15H2. The van der Waals surface area contributed by atoms with Crippen LogP contribution in [0.25, 0.3) is 0 Å². The van der Waals surface area contributed by atoms with E-state index in [-0.39, 0.29) is 4.47 Å². The van der Waals surface area contributed by atoms with E-state index in [1.165, 1.54) is 0 Å². The second kappa shape index (κ2) is 3.96. The van der Waals surface area contributed by atoms with E-state index in [2.05, 4.69) is 15.9 Å². The van der Waals surface area contributed by atoms with E-state index in [0.29, 0.717) is 6.07 Å². The Morgan fingerprint density at radius 3 is 2.13 bits per heavy atom. The molecule has 0 aromatic heterocycles. The SMILES string of the molecule is Nc1c(Br)cc(C(F)F)cc1C(F)(F)F. The van der Waals surface area contributed by atoms with Gasteiger partial charge in [0.1, 0.15) is 0 Å². The molecule has 0 heterocycles. The van der Waals surface area contributed by atoms with Crippen LogP contribution in [-0.2, 0) is 6.18 Å². The second-order valence-electron chi connectivity index (χ2n) is 2.76. The van der Waals surface area contributed by atoms with Gasteiger partial charge in [0.2, 0.25) is 0 Å². The third kappa shape index (κ3) is 2.58. The van der Waals surface area contributed by atoms with Crippen LogP contribution in [0.3, 0.4) is 0 Å². The number of rotatable bonds is 1. The Balaban J connectivity index is 3.38. The van der Waals surface area contributed by atoms with Crippen LogP contribution in [0.5, 0.6) is 0 Å². The summed E-state index contributed by atoms with van der Waals surface area (Å²) >= 11 is 2.70. The molecule has 1 nitrogen and oxygen atoms in total. The molecule has 15 heavy (non-hydrogen) atoms. The minimum absolute atomic E-state index is 0.187. The lowest BCUT2D eigenvalue weighted by Gasteiger charge is -2.13. The molecule has 84 valence electrons. The highest BCUT2D eigenvalue weighted by molar-refractivity contribution is 9.10. The zero-order valence-corrected chi connectivity index (χ0v) is 8.66. The second-order valence-corrected chi connectivity index (χ2v) is 3.62. The first kappa shape index (κ1) is 12.2. The van der Waals surface area contributed by atoms with Gasteiger partial charge in [0.25, 0.3) is 6.43 Å². The lowest BCUT2D eigenvalue weighted by Crippen LogP contribution is -2.10. The lowest BCUT2D eigenvalue weighted by molar-refractivity contribution is -0.137. The number of alkyl halides is 5. The first-order chi connectivity index (χ1) is 6.73. The number of benzene rings is 1. The molecule has 0 saturated carbocycles. The van der Waals surface area contributed by atoms with Crippen molar-refractivity contribution in [3.8, 4) is 0 Å². The van der Waals surface area contributed by atoms with Crippen LogP contribution >= 0.6 is 15.9 Å². The minimum atomic E-state index is -4.74. The highest BCUT2D eigenvalue weighted by atomic mass is 79.9. The average molecular weight is 290 g/mol. The van der Waals surface area contributed by atoms with Crippen molar-refractivity contribution in [2.45, 2.75) is 12.6 Å². The molecule has 2 N–H and O–H groups in total. The molecule has 1 rings (SSSR count). The highest BCUT2D eigenvalue weighted by Crippen LogP contribution is 2.39. The van der Waals surface area contributed by atoms with Gasteiger partial charge in [-0.25, -0.2) is 8.78 Å². The molecule has 0 amide bonds. The summed E-state index contributed by atoms with van der Waals surface area (Å²) in [6.07, 6.45) is -7.71. The van der Waals surface area contributed by atoms with Crippen molar-refractivity contribution in [2.75, 3.05) is 5.73 Å². The third-order valence-electron chi connectivity index (χ3n) is 1.71. The Morgan fingerprint density at radius 1 is 1.20 bits per heavy atom. The van der Waals surface area contributed by atoms with Gasteiger partial charge in [-0.2, -0.15) is 13.2 Å². The Hall–Kier alpha value is -0.850. The van der Waals surface area contributed by atoms with Crippen molar-refractivity contribution < 1.29 is 22.0 Å². The zero-order valence-electron chi connectivity index (χ0n) is 7.08. The Bertz CT molecular complexity index is 374. The van der Waals surface area contributed by atoms with Gasteiger partial charge in [-0.15, -0.1) is 0 Å². The summed E-state index contributed by atoms with van der Waals surface area (Å²) in [7, 11) is 0. The first-order valence-corrected chi connectivity index (χ1v) is 4.47. The maximum atomic E-state index is 12.3. The summed E-state index contributed by atoms with van der Waals surface area (Å²) < 4.78 is 61.2. The normalized spacial score (nSPS) is 12.2. The number of nitrogens with two attached hydrogens (primary N) is 1. The van der Waals surface area contributed by atoms with Gasteiger partial charge < -0.3 is 5.73 Å². The zero-order chi connectivity index (χ0) is 11.8. The summed E-state index contributed by atoms with van der Waals surface area (Å²) in [6.45, 7) is 0. The van der Waals surface area contributed by atoms with Crippen molar-refractivity contribution in [2.24, 2.45) is 0 Å². The van der Waals surface area contributed by atoms with Crippen molar-refractivity contribution in [3.63, 3.8) is 0 Å². The monoisotopic (exact) mass is 289 g/mol. The molecule has 0 unspecified atom stereocenters. The van der Waals surface area contributed by atoms with Gasteiger partial charge in [0, 0.05) is 10.0 Å². The highest BCUT2D eigenvalue weighted by Gasteiger charge is 2.34. The fourth-order valence-corrected chi connectivity index (χ4v) is 1.48. The Morgan fingerprint density at radius 2 is 1.73 bits per heavy atom. The summed E-state index contributed by atoms with van der Waals surface area (Å²) in [5.74, 6) is 0. The average Bonchev–Trinajstić information content (AvgIpc) is 2.06. The minimum Gasteiger partial charge on any atom is -0.397 e. The van der Waals surface area contributed by atoms with E-state index >= 15 is 0 Å². The summed E-state index contributed by atoms with van der Waals surface area (Å²) in [5, 5.41) is 0. The Labute approximate surface area is 90.2 Å². The predicted octanol–water partition coefficient (Wildman–Crippen LogP) is 3.99.